The van der Waals surface area contributed by atoms with E-state index in [9.17, 15) is 0 Å². The summed E-state index contributed by atoms with van der Waals surface area (Å²) in [6.45, 7) is 8.29. The molecule has 0 aliphatic rings. The van der Waals surface area contributed by atoms with E-state index < -0.39 is 0 Å². The summed E-state index contributed by atoms with van der Waals surface area (Å²) in [6.07, 6.45) is 0. The van der Waals surface area contributed by atoms with Crippen LogP contribution in [0.25, 0.3) is 15.5 Å². The molecule has 0 radical (unpaired) electrons. The summed E-state index contributed by atoms with van der Waals surface area (Å²) in [7, 11) is 0. The van der Waals surface area contributed by atoms with E-state index in [0.29, 0.717) is 0 Å². The van der Waals surface area contributed by atoms with E-state index in [-0.39, 0.29) is 0 Å². The first-order chi connectivity index (χ1) is 9.72. The number of anilines is 1. The molecule has 0 atom stereocenters. The molecule has 3 aromatic rings. The van der Waals surface area contributed by atoms with Gasteiger partial charge in [-0.25, -0.2) is 0 Å². The molecule has 0 spiro atoms. The zero-order valence-corrected chi connectivity index (χ0v) is 12.7. The van der Waals surface area contributed by atoms with Crippen molar-refractivity contribution in [3.63, 3.8) is 0 Å². The van der Waals surface area contributed by atoms with Crippen molar-refractivity contribution in [3.05, 3.63) is 30.1 Å². The predicted molar refractivity (Wildman–Crippen MR) is 82.4 cm³/mol. The Morgan fingerprint density at radius 1 is 1.10 bits per heavy atom. The van der Waals surface area contributed by atoms with Crippen LogP contribution in [0.15, 0.2) is 24.3 Å². The summed E-state index contributed by atoms with van der Waals surface area (Å²) < 4.78 is 1.79. The maximum absolute atomic E-state index is 4.55. The van der Waals surface area contributed by atoms with Gasteiger partial charge in [-0.3, -0.25) is 0 Å². The van der Waals surface area contributed by atoms with Gasteiger partial charge in [-0.2, -0.15) is 9.61 Å². The smallest absolute Gasteiger partial charge is 0.234 e. The van der Waals surface area contributed by atoms with Crippen LogP contribution in [0.2, 0.25) is 0 Å². The Morgan fingerprint density at radius 2 is 1.80 bits per heavy atom. The topological polar surface area (TPSA) is 46.3 Å². The number of fused-ring (bicyclic) bond motifs is 1. The summed E-state index contributed by atoms with van der Waals surface area (Å²) in [5, 5.41) is 13.6. The van der Waals surface area contributed by atoms with Crippen molar-refractivity contribution in [2.45, 2.75) is 20.8 Å². The molecule has 20 heavy (non-hydrogen) atoms. The van der Waals surface area contributed by atoms with Gasteiger partial charge in [-0.1, -0.05) is 11.3 Å². The monoisotopic (exact) mass is 287 g/mol. The van der Waals surface area contributed by atoms with Crippen molar-refractivity contribution in [2.24, 2.45) is 0 Å². The lowest BCUT2D eigenvalue weighted by Gasteiger charge is -2.20. The standard InChI is InChI=1S/C14H17N5S/c1-4-18(5-2)12-8-6-11(7-9-12)13-17-19-10(3)15-16-14(19)20-13/h6-9H,4-5H2,1-3H3. The van der Waals surface area contributed by atoms with Gasteiger partial charge in [0.2, 0.25) is 4.96 Å². The highest BCUT2D eigenvalue weighted by Gasteiger charge is 2.10. The Hall–Kier alpha value is -1.95. The Labute approximate surface area is 121 Å². The molecule has 0 fully saturated rings. The molecular weight excluding hydrogens is 270 g/mol. The summed E-state index contributed by atoms with van der Waals surface area (Å²) in [5.74, 6) is 0.822. The lowest BCUT2D eigenvalue weighted by Crippen LogP contribution is -2.21. The highest BCUT2D eigenvalue weighted by molar-refractivity contribution is 7.19. The third-order valence-electron chi connectivity index (χ3n) is 3.39. The molecule has 0 saturated heterocycles. The molecule has 0 N–H and O–H groups in total. The van der Waals surface area contributed by atoms with Crippen LogP contribution < -0.4 is 4.90 Å². The van der Waals surface area contributed by atoms with Crippen LogP contribution >= 0.6 is 11.3 Å². The lowest BCUT2D eigenvalue weighted by molar-refractivity contribution is 0.866. The zero-order valence-electron chi connectivity index (χ0n) is 11.9. The van der Waals surface area contributed by atoms with E-state index in [1.54, 1.807) is 15.9 Å². The first-order valence-corrected chi connectivity index (χ1v) is 7.58. The van der Waals surface area contributed by atoms with Gasteiger partial charge in [-0.15, -0.1) is 10.2 Å². The molecule has 0 saturated carbocycles. The maximum atomic E-state index is 4.55. The minimum absolute atomic E-state index is 0.822. The zero-order chi connectivity index (χ0) is 14.1. The van der Waals surface area contributed by atoms with Crippen molar-refractivity contribution in [1.29, 1.82) is 0 Å². The Kier molecular flexibility index (Phi) is 3.40. The Bertz CT molecular complexity index is 709. The van der Waals surface area contributed by atoms with Crippen LogP contribution in [-0.4, -0.2) is 32.9 Å². The number of aromatic nitrogens is 4. The van der Waals surface area contributed by atoms with Crippen LogP contribution in [0.4, 0.5) is 5.69 Å². The highest BCUT2D eigenvalue weighted by atomic mass is 32.1. The van der Waals surface area contributed by atoms with Crippen LogP contribution in [0.5, 0.6) is 0 Å². The van der Waals surface area contributed by atoms with E-state index in [1.165, 1.54) is 5.69 Å². The van der Waals surface area contributed by atoms with Crippen LogP contribution in [0.3, 0.4) is 0 Å². The number of hydrogen-bond donors (Lipinski definition) is 0. The first kappa shape index (κ1) is 13.1. The van der Waals surface area contributed by atoms with Gasteiger partial charge in [0, 0.05) is 24.3 Å². The minimum atomic E-state index is 0.822. The molecule has 0 aliphatic heterocycles. The van der Waals surface area contributed by atoms with E-state index in [2.05, 4.69) is 58.3 Å². The second-order valence-corrected chi connectivity index (χ2v) is 5.52. The SMILES string of the molecule is CCN(CC)c1ccc(-c2nn3c(C)nnc3s2)cc1. The fourth-order valence-electron chi connectivity index (χ4n) is 2.23. The first-order valence-electron chi connectivity index (χ1n) is 6.77. The fourth-order valence-corrected chi connectivity index (χ4v) is 3.13. The molecule has 6 heteroatoms. The third-order valence-corrected chi connectivity index (χ3v) is 4.34. The molecule has 1 aromatic carbocycles. The van der Waals surface area contributed by atoms with Gasteiger partial charge in [0.1, 0.15) is 5.01 Å². The molecular formula is C14H17N5S. The summed E-state index contributed by atoms with van der Waals surface area (Å²) in [4.78, 5) is 3.16. The maximum Gasteiger partial charge on any atom is 0.234 e. The van der Waals surface area contributed by atoms with Crippen molar-refractivity contribution in [2.75, 3.05) is 18.0 Å². The summed E-state index contributed by atoms with van der Waals surface area (Å²) in [6, 6.07) is 8.54. The average Bonchev–Trinajstić information content (AvgIpc) is 3.04. The van der Waals surface area contributed by atoms with Gasteiger partial charge < -0.3 is 4.90 Å². The molecule has 5 nitrogen and oxygen atoms in total. The second-order valence-electron chi connectivity index (χ2n) is 4.57. The Morgan fingerprint density at radius 3 is 2.40 bits per heavy atom. The summed E-state index contributed by atoms with van der Waals surface area (Å²) in [5.41, 5.74) is 2.37. The molecule has 3 rings (SSSR count). The molecule has 0 bridgehead atoms. The lowest BCUT2D eigenvalue weighted by atomic mass is 10.2. The second kappa shape index (κ2) is 5.20. The van der Waals surface area contributed by atoms with Crippen LogP contribution in [-0.2, 0) is 0 Å². The van der Waals surface area contributed by atoms with Crippen LogP contribution in [0, 0.1) is 6.92 Å². The fraction of sp³-hybridized carbons (Fsp3) is 0.357. The van der Waals surface area contributed by atoms with E-state index in [4.69, 9.17) is 0 Å². The molecule has 2 heterocycles. The van der Waals surface area contributed by atoms with Gasteiger partial charge in [-0.05, 0) is 45.0 Å². The van der Waals surface area contributed by atoms with Crippen LogP contribution in [0.1, 0.15) is 19.7 Å². The summed E-state index contributed by atoms with van der Waals surface area (Å²) >= 11 is 1.56. The number of nitrogens with zero attached hydrogens (tertiary/aromatic N) is 5. The van der Waals surface area contributed by atoms with Crippen molar-refractivity contribution in [3.8, 4) is 10.6 Å². The highest BCUT2D eigenvalue weighted by Crippen LogP contribution is 2.27. The van der Waals surface area contributed by atoms with Crippen molar-refractivity contribution >= 4 is 22.0 Å². The predicted octanol–water partition coefficient (Wildman–Crippen LogP) is 3.01. The van der Waals surface area contributed by atoms with Gasteiger partial charge >= 0.3 is 0 Å². The quantitative estimate of drug-likeness (QED) is 0.740. The minimum Gasteiger partial charge on any atom is -0.372 e. The van der Waals surface area contributed by atoms with Gasteiger partial charge in [0.05, 0.1) is 0 Å². The normalized spacial score (nSPS) is 11.2. The number of hydrogen-bond acceptors (Lipinski definition) is 5. The van der Waals surface area contributed by atoms with E-state index in [1.807, 2.05) is 6.92 Å². The molecule has 2 aromatic heterocycles. The number of benzene rings is 1. The molecule has 0 aliphatic carbocycles. The molecule has 0 amide bonds. The number of rotatable bonds is 4. The number of aryl methyl sites for hydroxylation is 1. The van der Waals surface area contributed by atoms with Gasteiger partial charge in [0.25, 0.3) is 0 Å². The van der Waals surface area contributed by atoms with E-state index >= 15 is 0 Å². The van der Waals surface area contributed by atoms with Crippen molar-refractivity contribution < 1.29 is 0 Å². The van der Waals surface area contributed by atoms with E-state index in [0.717, 1.165) is 34.4 Å². The molecule has 0 unspecified atom stereocenters. The van der Waals surface area contributed by atoms with Gasteiger partial charge in [0.15, 0.2) is 5.82 Å². The average molecular weight is 287 g/mol. The third kappa shape index (κ3) is 2.16. The largest absolute Gasteiger partial charge is 0.372 e. The Balaban J connectivity index is 1.94. The van der Waals surface area contributed by atoms with Crippen molar-refractivity contribution in [1.82, 2.24) is 19.8 Å². The molecule has 104 valence electrons.